The average Bonchev–Trinajstić information content (AvgIpc) is 2.42. The van der Waals surface area contributed by atoms with Crippen LogP contribution in [0.15, 0.2) is 17.1 Å². The van der Waals surface area contributed by atoms with E-state index in [2.05, 4.69) is 63.5 Å². The molecule has 1 rings (SSSR count). The summed E-state index contributed by atoms with van der Waals surface area (Å²) in [5, 5.41) is 0. The molecule has 130 valence electrons. The van der Waals surface area contributed by atoms with E-state index >= 15 is 0 Å². The Hall–Kier alpha value is -1.51. The Labute approximate surface area is 143 Å². The highest BCUT2D eigenvalue weighted by Gasteiger charge is 2.18. The molecule has 23 heavy (non-hydrogen) atoms. The summed E-state index contributed by atoms with van der Waals surface area (Å²) in [5.74, 6) is 2.42. The summed E-state index contributed by atoms with van der Waals surface area (Å²) in [7, 11) is 8.19. The number of aliphatic imine (C=N–C) groups is 1. The molecule has 0 aliphatic carbocycles. The number of nitrogens with zero attached hydrogens (tertiary/aromatic N) is 3. The summed E-state index contributed by atoms with van der Waals surface area (Å²) >= 11 is 0. The van der Waals surface area contributed by atoms with Crippen molar-refractivity contribution < 1.29 is 0 Å². The molecule has 0 radical (unpaired) electrons. The van der Waals surface area contributed by atoms with Crippen molar-refractivity contribution in [3.8, 4) is 0 Å². The van der Waals surface area contributed by atoms with Gasteiger partial charge in [-0.15, -0.1) is 0 Å². The standard InChI is InChI=1S/C20H35N3/c1-13(2)16-11-17(14(3)4)19(18(12-16)15(5)6)21-20(22(7)8)23(9)10/h11-15H,1-10H3. The van der Waals surface area contributed by atoms with Crippen molar-refractivity contribution in [2.75, 3.05) is 28.2 Å². The van der Waals surface area contributed by atoms with E-state index in [1.54, 1.807) is 0 Å². The lowest BCUT2D eigenvalue weighted by Gasteiger charge is -2.26. The summed E-state index contributed by atoms with van der Waals surface area (Å²) in [6.45, 7) is 13.6. The first kappa shape index (κ1) is 19.5. The molecule has 0 saturated carbocycles. The van der Waals surface area contributed by atoms with Crippen LogP contribution >= 0.6 is 0 Å². The number of benzene rings is 1. The van der Waals surface area contributed by atoms with Gasteiger partial charge in [0.05, 0.1) is 5.69 Å². The molecule has 0 atom stereocenters. The minimum Gasteiger partial charge on any atom is -0.349 e. The van der Waals surface area contributed by atoms with Crippen LogP contribution in [0.2, 0.25) is 0 Å². The van der Waals surface area contributed by atoms with Gasteiger partial charge in [0.1, 0.15) is 0 Å². The van der Waals surface area contributed by atoms with Gasteiger partial charge in [0, 0.05) is 28.2 Å². The van der Waals surface area contributed by atoms with Gasteiger partial charge in [-0.05, 0) is 34.4 Å². The van der Waals surface area contributed by atoms with Crippen molar-refractivity contribution in [2.24, 2.45) is 4.99 Å². The Bertz CT molecular complexity index is 513. The van der Waals surface area contributed by atoms with Crippen LogP contribution in [-0.2, 0) is 0 Å². The second-order valence-electron chi connectivity index (χ2n) is 7.71. The van der Waals surface area contributed by atoms with Crippen LogP contribution in [-0.4, -0.2) is 44.0 Å². The summed E-state index contributed by atoms with van der Waals surface area (Å²) in [6, 6.07) is 4.70. The van der Waals surface area contributed by atoms with Gasteiger partial charge < -0.3 is 9.80 Å². The minimum absolute atomic E-state index is 0.454. The maximum Gasteiger partial charge on any atom is 0.200 e. The van der Waals surface area contributed by atoms with Crippen molar-refractivity contribution in [3.63, 3.8) is 0 Å². The number of guanidine groups is 1. The summed E-state index contributed by atoms with van der Waals surface area (Å²) in [6.07, 6.45) is 0. The Morgan fingerprint density at radius 2 is 1.13 bits per heavy atom. The Morgan fingerprint density at radius 1 is 0.739 bits per heavy atom. The zero-order chi connectivity index (χ0) is 17.9. The third-order valence-electron chi connectivity index (χ3n) is 4.11. The quantitative estimate of drug-likeness (QED) is 0.563. The second-order valence-corrected chi connectivity index (χ2v) is 7.71. The number of hydrogen-bond acceptors (Lipinski definition) is 1. The van der Waals surface area contributed by atoms with E-state index in [9.17, 15) is 0 Å². The lowest BCUT2D eigenvalue weighted by molar-refractivity contribution is 0.484. The summed E-state index contributed by atoms with van der Waals surface area (Å²) in [4.78, 5) is 9.22. The molecule has 0 aromatic heterocycles. The zero-order valence-corrected chi connectivity index (χ0v) is 16.7. The maximum atomic E-state index is 5.07. The maximum absolute atomic E-state index is 5.07. The highest BCUT2D eigenvalue weighted by molar-refractivity contribution is 5.83. The van der Waals surface area contributed by atoms with E-state index in [-0.39, 0.29) is 0 Å². The molecule has 3 heteroatoms. The molecular weight excluding hydrogens is 282 g/mol. The van der Waals surface area contributed by atoms with E-state index < -0.39 is 0 Å². The van der Waals surface area contributed by atoms with Crippen molar-refractivity contribution in [1.82, 2.24) is 9.80 Å². The molecule has 0 heterocycles. The average molecular weight is 318 g/mol. The highest BCUT2D eigenvalue weighted by atomic mass is 15.3. The monoisotopic (exact) mass is 317 g/mol. The first-order valence-corrected chi connectivity index (χ1v) is 8.67. The molecule has 3 nitrogen and oxygen atoms in total. The molecule has 1 aromatic rings. The lowest BCUT2D eigenvalue weighted by Crippen LogP contribution is -2.35. The molecular formula is C20H35N3. The van der Waals surface area contributed by atoms with Crippen LogP contribution in [0.1, 0.15) is 76.0 Å². The van der Waals surface area contributed by atoms with Crippen LogP contribution in [0.5, 0.6) is 0 Å². The smallest absolute Gasteiger partial charge is 0.200 e. The normalized spacial score (nSPS) is 11.3. The van der Waals surface area contributed by atoms with Gasteiger partial charge in [-0.2, -0.15) is 0 Å². The van der Waals surface area contributed by atoms with Crippen LogP contribution in [0.3, 0.4) is 0 Å². The fourth-order valence-electron chi connectivity index (χ4n) is 2.75. The molecule has 0 spiro atoms. The molecule has 0 saturated heterocycles. The van der Waals surface area contributed by atoms with Gasteiger partial charge in [-0.25, -0.2) is 4.99 Å². The van der Waals surface area contributed by atoms with Crippen LogP contribution in [0.25, 0.3) is 0 Å². The van der Waals surface area contributed by atoms with E-state index in [1.165, 1.54) is 16.7 Å². The first-order chi connectivity index (χ1) is 10.6. The lowest BCUT2D eigenvalue weighted by atomic mass is 9.87. The van der Waals surface area contributed by atoms with Gasteiger partial charge in [0.25, 0.3) is 0 Å². The van der Waals surface area contributed by atoms with Gasteiger partial charge in [0.15, 0.2) is 0 Å². The van der Waals surface area contributed by atoms with Crippen LogP contribution in [0, 0.1) is 0 Å². The molecule has 1 aromatic carbocycles. The fraction of sp³-hybridized carbons (Fsp3) is 0.650. The van der Waals surface area contributed by atoms with Crippen molar-refractivity contribution in [2.45, 2.75) is 59.3 Å². The van der Waals surface area contributed by atoms with Gasteiger partial charge in [0.2, 0.25) is 5.96 Å². The van der Waals surface area contributed by atoms with Crippen LogP contribution in [0.4, 0.5) is 5.69 Å². The molecule has 0 aliphatic heterocycles. The molecule has 0 unspecified atom stereocenters. The Morgan fingerprint density at radius 3 is 1.39 bits per heavy atom. The third-order valence-corrected chi connectivity index (χ3v) is 4.11. The SMILES string of the molecule is CC(C)c1cc(C(C)C)c(N=C(N(C)C)N(C)C)c(C(C)C)c1. The molecule has 0 bridgehead atoms. The third kappa shape index (κ3) is 4.73. The fourth-order valence-corrected chi connectivity index (χ4v) is 2.75. The predicted octanol–water partition coefficient (Wildman–Crippen LogP) is 5.17. The summed E-state index contributed by atoms with van der Waals surface area (Å²) in [5.41, 5.74) is 5.26. The molecule has 0 amide bonds. The first-order valence-electron chi connectivity index (χ1n) is 8.67. The van der Waals surface area contributed by atoms with Gasteiger partial charge in [-0.1, -0.05) is 53.7 Å². The summed E-state index contributed by atoms with van der Waals surface area (Å²) < 4.78 is 0. The van der Waals surface area contributed by atoms with E-state index in [1.807, 2.05) is 28.2 Å². The molecule has 0 fully saturated rings. The van der Waals surface area contributed by atoms with Crippen molar-refractivity contribution in [3.05, 3.63) is 28.8 Å². The van der Waals surface area contributed by atoms with Gasteiger partial charge >= 0.3 is 0 Å². The van der Waals surface area contributed by atoms with Crippen molar-refractivity contribution in [1.29, 1.82) is 0 Å². The Kier molecular flexibility index (Phi) is 6.67. The topological polar surface area (TPSA) is 18.8 Å². The Balaban J connectivity index is 3.70. The highest BCUT2D eigenvalue weighted by Crippen LogP contribution is 2.38. The zero-order valence-electron chi connectivity index (χ0n) is 16.7. The second kappa shape index (κ2) is 7.85. The predicted molar refractivity (Wildman–Crippen MR) is 103 cm³/mol. The van der Waals surface area contributed by atoms with E-state index in [4.69, 9.17) is 4.99 Å². The van der Waals surface area contributed by atoms with Crippen LogP contribution < -0.4 is 0 Å². The molecule has 0 N–H and O–H groups in total. The minimum atomic E-state index is 0.454. The van der Waals surface area contributed by atoms with E-state index in [0.29, 0.717) is 17.8 Å². The largest absolute Gasteiger partial charge is 0.349 e. The van der Waals surface area contributed by atoms with Crippen molar-refractivity contribution >= 4 is 11.6 Å². The number of rotatable bonds is 4. The molecule has 0 aliphatic rings. The number of hydrogen-bond donors (Lipinski definition) is 0. The van der Waals surface area contributed by atoms with E-state index in [0.717, 1.165) is 11.6 Å². The van der Waals surface area contributed by atoms with Gasteiger partial charge in [-0.3, -0.25) is 0 Å².